The molecule has 6 heteroatoms. The topological polar surface area (TPSA) is 72.1 Å². The fourth-order valence-electron chi connectivity index (χ4n) is 2.74. The molecular formula is C15H20N4O2. The van der Waals surface area contributed by atoms with E-state index in [0.29, 0.717) is 23.2 Å². The van der Waals surface area contributed by atoms with Crippen LogP contribution in [-0.4, -0.2) is 42.5 Å². The first-order valence-corrected chi connectivity index (χ1v) is 7.18. The largest absolute Gasteiger partial charge is 0.496 e. The predicted octanol–water partition coefficient (Wildman–Crippen LogP) is 1.96. The van der Waals surface area contributed by atoms with Gasteiger partial charge in [-0.15, -0.1) is 0 Å². The van der Waals surface area contributed by atoms with Crippen LogP contribution in [0.5, 0.6) is 11.5 Å². The maximum atomic E-state index is 5.41. The Bertz CT molecular complexity index is 583. The number of methoxy groups -OCH3 is 2. The molecule has 0 radical (unpaired) electrons. The third kappa shape index (κ3) is 2.71. The SMILES string of the molecule is COc1cccc(OC)c1-c1n[nH]c(C2CCNCC2)n1. The van der Waals surface area contributed by atoms with Crippen LogP contribution >= 0.6 is 0 Å². The normalized spacial score (nSPS) is 15.9. The lowest BCUT2D eigenvalue weighted by Crippen LogP contribution is -2.27. The van der Waals surface area contributed by atoms with Crippen LogP contribution in [0.15, 0.2) is 18.2 Å². The highest BCUT2D eigenvalue weighted by atomic mass is 16.5. The van der Waals surface area contributed by atoms with Crippen LogP contribution in [0, 0.1) is 0 Å². The van der Waals surface area contributed by atoms with Gasteiger partial charge in [0.05, 0.1) is 14.2 Å². The van der Waals surface area contributed by atoms with Gasteiger partial charge >= 0.3 is 0 Å². The second-order valence-corrected chi connectivity index (χ2v) is 5.11. The monoisotopic (exact) mass is 288 g/mol. The first kappa shape index (κ1) is 13.9. The minimum atomic E-state index is 0.438. The van der Waals surface area contributed by atoms with Gasteiger partial charge in [-0.2, -0.15) is 5.10 Å². The van der Waals surface area contributed by atoms with Crippen LogP contribution in [0.25, 0.3) is 11.4 Å². The highest BCUT2D eigenvalue weighted by Gasteiger charge is 2.22. The van der Waals surface area contributed by atoms with Crippen molar-refractivity contribution in [3.63, 3.8) is 0 Å². The molecule has 0 saturated carbocycles. The lowest BCUT2D eigenvalue weighted by atomic mass is 9.98. The molecule has 3 rings (SSSR count). The summed E-state index contributed by atoms with van der Waals surface area (Å²) in [5.74, 6) is 3.43. The molecule has 0 spiro atoms. The molecule has 0 amide bonds. The Balaban J connectivity index is 1.95. The van der Waals surface area contributed by atoms with Crippen molar-refractivity contribution in [3.8, 4) is 22.9 Å². The second kappa shape index (κ2) is 6.13. The third-order valence-electron chi connectivity index (χ3n) is 3.88. The molecule has 1 aromatic carbocycles. The molecule has 0 aliphatic carbocycles. The van der Waals surface area contributed by atoms with E-state index in [9.17, 15) is 0 Å². The molecule has 2 aromatic rings. The Hall–Kier alpha value is -2.08. The minimum absolute atomic E-state index is 0.438. The van der Waals surface area contributed by atoms with Crippen molar-refractivity contribution in [1.29, 1.82) is 0 Å². The Morgan fingerprint density at radius 1 is 1.10 bits per heavy atom. The second-order valence-electron chi connectivity index (χ2n) is 5.11. The molecule has 1 fully saturated rings. The predicted molar refractivity (Wildman–Crippen MR) is 79.8 cm³/mol. The molecule has 1 saturated heterocycles. The number of aromatic amines is 1. The summed E-state index contributed by atoms with van der Waals surface area (Å²) in [6.07, 6.45) is 2.16. The van der Waals surface area contributed by atoms with E-state index in [1.54, 1.807) is 14.2 Å². The summed E-state index contributed by atoms with van der Waals surface area (Å²) in [7, 11) is 3.28. The lowest BCUT2D eigenvalue weighted by molar-refractivity contribution is 0.397. The van der Waals surface area contributed by atoms with Crippen molar-refractivity contribution in [2.24, 2.45) is 0 Å². The van der Waals surface area contributed by atoms with Crippen LogP contribution in [0.3, 0.4) is 0 Å². The summed E-state index contributed by atoms with van der Waals surface area (Å²) >= 11 is 0. The molecule has 112 valence electrons. The van der Waals surface area contributed by atoms with E-state index in [4.69, 9.17) is 9.47 Å². The summed E-state index contributed by atoms with van der Waals surface area (Å²) in [4.78, 5) is 4.67. The summed E-state index contributed by atoms with van der Waals surface area (Å²) in [5, 5.41) is 10.8. The summed E-state index contributed by atoms with van der Waals surface area (Å²) in [5.41, 5.74) is 0.791. The zero-order valence-electron chi connectivity index (χ0n) is 12.3. The van der Waals surface area contributed by atoms with Gasteiger partial charge in [0.2, 0.25) is 0 Å². The number of ether oxygens (including phenoxy) is 2. The average Bonchev–Trinajstić information content (AvgIpc) is 3.04. The van der Waals surface area contributed by atoms with Gasteiger partial charge in [-0.1, -0.05) is 6.07 Å². The van der Waals surface area contributed by atoms with Gasteiger partial charge in [0, 0.05) is 5.92 Å². The maximum Gasteiger partial charge on any atom is 0.188 e. The van der Waals surface area contributed by atoms with Crippen LogP contribution < -0.4 is 14.8 Å². The van der Waals surface area contributed by atoms with Crippen LogP contribution in [-0.2, 0) is 0 Å². The quantitative estimate of drug-likeness (QED) is 0.899. The number of hydrogen-bond acceptors (Lipinski definition) is 5. The van der Waals surface area contributed by atoms with Gasteiger partial charge in [-0.3, -0.25) is 5.10 Å². The Labute approximate surface area is 123 Å². The van der Waals surface area contributed by atoms with Gasteiger partial charge in [-0.25, -0.2) is 4.98 Å². The Morgan fingerprint density at radius 3 is 2.38 bits per heavy atom. The van der Waals surface area contributed by atoms with E-state index in [2.05, 4.69) is 20.5 Å². The van der Waals surface area contributed by atoms with Gasteiger partial charge in [0.1, 0.15) is 22.9 Å². The lowest BCUT2D eigenvalue weighted by Gasteiger charge is -2.19. The van der Waals surface area contributed by atoms with Crippen LogP contribution in [0.4, 0.5) is 0 Å². The number of nitrogens with zero attached hydrogens (tertiary/aromatic N) is 2. The van der Waals surface area contributed by atoms with Crippen molar-refractivity contribution >= 4 is 0 Å². The van der Waals surface area contributed by atoms with E-state index < -0.39 is 0 Å². The van der Waals surface area contributed by atoms with Gasteiger partial charge in [-0.05, 0) is 38.1 Å². The van der Waals surface area contributed by atoms with Crippen molar-refractivity contribution in [3.05, 3.63) is 24.0 Å². The van der Waals surface area contributed by atoms with Crippen molar-refractivity contribution in [2.75, 3.05) is 27.3 Å². The van der Waals surface area contributed by atoms with E-state index in [1.165, 1.54) is 0 Å². The van der Waals surface area contributed by atoms with Crippen molar-refractivity contribution in [2.45, 2.75) is 18.8 Å². The Kier molecular flexibility index (Phi) is 4.06. The molecule has 2 heterocycles. The standard InChI is InChI=1S/C15H20N4O2/c1-20-11-4-3-5-12(21-2)13(11)15-17-14(18-19-15)10-6-8-16-9-7-10/h3-5,10,16H,6-9H2,1-2H3,(H,17,18,19). The molecule has 6 nitrogen and oxygen atoms in total. The van der Waals surface area contributed by atoms with Crippen LogP contribution in [0.2, 0.25) is 0 Å². The number of H-pyrrole nitrogens is 1. The number of benzene rings is 1. The molecular weight excluding hydrogens is 268 g/mol. The molecule has 2 N–H and O–H groups in total. The van der Waals surface area contributed by atoms with Gasteiger partial charge in [0.25, 0.3) is 0 Å². The number of rotatable bonds is 4. The third-order valence-corrected chi connectivity index (χ3v) is 3.88. The van der Waals surface area contributed by atoms with Gasteiger partial charge in [0.15, 0.2) is 5.82 Å². The summed E-state index contributed by atoms with van der Waals surface area (Å²) in [6, 6.07) is 5.67. The highest BCUT2D eigenvalue weighted by molar-refractivity contribution is 5.71. The van der Waals surface area contributed by atoms with E-state index in [-0.39, 0.29) is 0 Å². The minimum Gasteiger partial charge on any atom is -0.496 e. The van der Waals surface area contributed by atoms with Crippen molar-refractivity contribution in [1.82, 2.24) is 20.5 Å². The first-order chi connectivity index (χ1) is 10.3. The zero-order chi connectivity index (χ0) is 14.7. The molecule has 0 bridgehead atoms. The van der Waals surface area contributed by atoms with E-state index in [0.717, 1.165) is 37.3 Å². The number of hydrogen-bond donors (Lipinski definition) is 2. The molecule has 1 aliphatic heterocycles. The fourth-order valence-corrected chi connectivity index (χ4v) is 2.74. The van der Waals surface area contributed by atoms with E-state index >= 15 is 0 Å². The number of piperidine rings is 1. The Morgan fingerprint density at radius 2 is 1.76 bits per heavy atom. The summed E-state index contributed by atoms with van der Waals surface area (Å²) < 4.78 is 10.8. The van der Waals surface area contributed by atoms with Gasteiger partial charge < -0.3 is 14.8 Å². The average molecular weight is 288 g/mol. The highest BCUT2D eigenvalue weighted by Crippen LogP contribution is 2.36. The first-order valence-electron chi connectivity index (χ1n) is 7.18. The van der Waals surface area contributed by atoms with Crippen LogP contribution in [0.1, 0.15) is 24.6 Å². The molecule has 1 aromatic heterocycles. The van der Waals surface area contributed by atoms with E-state index in [1.807, 2.05) is 18.2 Å². The molecule has 0 atom stereocenters. The molecule has 1 aliphatic rings. The zero-order valence-corrected chi connectivity index (χ0v) is 12.3. The summed E-state index contributed by atoms with van der Waals surface area (Å²) in [6.45, 7) is 2.05. The molecule has 21 heavy (non-hydrogen) atoms. The maximum absolute atomic E-state index is 5.41. The fraction of sp³-hybridized carbons (Fsp3) is 0.467. The number of nitrogens with one attached hydrogen (secondary N) is 2. The van der Waals surface area contributed by atoms with Crippen molar-refractivity contribution < 1.29 is 9.47 Å². The molecule has 0 unspecified atom stereocenters. The number of aromatic nitrogens is 3. The smallest absolute Gasteiger partial charge is 0.188 e.